The van der Waals surface area contributed by atoms with Crippen molar-refractivity contribution in [2.45, 2.75) is 25.2 Å². The molecule has 1 aromatic carbocycles. The molecule has 1 saturated heterocycles. The Morgan fingerprint density at radius 1 is 1.36 bits per heavy atom. The highest BCUT2D eigenvalue weighted by molar-refractivity contribution is 5.86. The highest BCUT2D eigenvalue weighted by Crippen LogP contribution is 2.25. The third kappa shape index (κ3) is 3.73. The maximum absolute atomic E-state index is 12.4. The molecule has 0 radical (unpaired) electrons. The minimum atomic E-state index is -1.04. The lowest BCUT2D eigenvalue weighted by Crippen LogP contribution is -2.57. The van der Waals surface area contributed by atoms with Crippen LogP contribution in [0, 0.1) is 6.92 Å². The van der Waals surface area contributed by atoms with Crippen LogP contribution in [0.4, 0.5) is 0 Å². The molecule has 25 heavy (non-hydrogen) atoms. The molecule has 1 amide bonds. The second-order valence-electron chi connectivity index (χ2n) is 6.23. The van der Waals surface area contributed by atoms with Crippen molar-refractivity contribution in [1.82, 2.24) is 9.88 Å². The summed E-state index contributed by atoms with van der Waals surface area (Å²) >= 11 is 0. The summed E-state index contributed by atoms with van der Waals surface area (Å²) < 4.78 is 10.9. The van der Waals surface area contributed by atoms with Crippen LogP contribution >= 0.6 is 0 Å². The lowest BCUT2D eigenvalue weighted by Gasteiger charge is -2.37. The number of fused-ring (bicyclic) bond motifs is 1. The van der Waals surface area contributed by atoms with E-state index < -0.39 is 18.2 Å². The number of ether oxygens (including phenoxy) is 2. The number of hydrogen-bond donors (Lipinski definition) is 2. The third-order valence-corrected chi connectivity index (χ3v) is 4.41. The van der Waals surface area contributed by atoms with Crippen molar-refractivity contribution in [3.05, 3.63) is 36.0 Å². The number of aliphatic hydroxyl groups is 2. The first-order valence-electron chi connectivity index (χ1n) is 8.16. The fraction of sp³-hybridized carbons (Fsp3) is 0.444. The van der Waals surface area contributed by atoms with Gasteiger partial charge in [-0.05, 0) is 19.1 Å². The number of aromatic nitrogens is 1. The Labute approximate surface area is 145 Å². The molecule has 2 N–H and O–H groups in total. The number of nitrogens with zero attached hydrogens (tertiary/aromatic N) is 2. The van der Waals surface area contributed by atoms with E-state index in [0.29, 0.717) is 5.75 Å². The van der Waals surface area contributed by atoms with E-state index in [4.69, 9.17) is 9.47 Å². The molecule has 3 rings (SSSR count). The molecule has 2 heterocycles. The Morgan fingerprint density at radius 2 is 2.12 bits per heavy atom. The van der Waals surface area contributed by atoms with Crippen molar-refractivity contribution in [1.29, 1.82) is 0 Å². The maximum Gasteiger partial charge on any atom is 0.260 e. The predicted octanol–water partition coefficient (Wildman–Crippen LogP) is 0.501. The average Bonchev–Trinajstić information content (AvgIpc) is 2.61. The first-order valence-corrected chi connectivity index (χ1v) is 8.16. The molecule has 0 aliphatic carbocycles. The summed E-state index contributed by atoms with van der Waals surface area (Å²) in [7, 11) is 1.57. The molecule has 7 nitrogen and oxygen atoms in total. The zero-order valence-electron chi connectivity index (χ0n) is 14.3. The Morgan fingerprint density at radius 3 is 2.92 bits per heavy atom. The number of pyridine rings is 1. The largest absolute Gasteiger partial charge is 0.483 e. The smallest absolute Gasteiger partial charge is 0.260 e. The van der Waals surface area contributed by atoms with E-state index >= 15 is 0 Å². The Kier molecular flexibility index (Phi) is 5.17. The normalized spacial score (nSPS) is 23.4. The van der Waals surface area contributed by atoms with Gasteiger partial charge in [0.1, 0.15) is 18.0 Å². The minimum absolute atomic E-state index is 0.0679. The van der Waals surface area contributed by atoms with E-state index in [2.05, 4.69) is 4.98 Å². The maximum atomic E-state index is 12.4. The van der Waals surface area contributed by atoms with Gasteiger partial charge in [0.2, 0.25) is 0 Å². The van der Waals surface area contributed by atoms with Gasteiger partial charge in [-0.3, -0.25) is 9.78 Å². The van der Waals surface area contributed by atoms with Gasteiger partial charge in [-0.1, -0.05) is 12.1 Å². The standard InChI is InChI=1S/C18H22N2O5/c1-11-7-16(12-5-3-4-6-13(12)19-11)25-10-17(22)20(2)14-8-24-9-15(21)18(14)23/h3-7,14-15,18,21,23H,8-10H2,1-2H3/t14-,15-,18+/m1/s1. The first-order chi connectivity index (χ1) is 12.0. The second-order valence-corrected chi connectivity index (χ2v) is 6.23. The van der Waals surface area contributed by atoms with Gasteiger partial charge in [-0.15, -0.1) is 0 Å². The number of aliphatic hydroxyl groups excluding tert-OH is 2. The van der Waals surface area contributed by atoms with Crippen LogP contribution in [-0.2, 0) is 9.53 Å². The van der Waals surface area contributed by atoms with Crippen molar-refractivity contribution >= 4 is 16.8 Å². The van der Waals surface area contributed by atoms with Crippen LogP contribution in [0.15, 0.2) is 30.3 Å². The van der Waals surface area contributed by atoms with E-state index in [0.717, 1.165) is 16.6 Å². The molecular weight excluding hydrogens is 324 g/mol. The molecule has 0 saturated carbocycles. The second kappa shape index (κ2) is 7.35. The van der Waals surface area contributed by atoms with Crippen LogP contribution in [0.2, 0.25) is 0 Å². The third-order valence-electron chi connectivity index (χ3n) is 4.41. The molecule has 1 aromatic heterocycles. The number of hydrogen-bond acceptors (Lipinski definition) is 6. The molecule has 7 heteroatoms. The summed E-state index contributed by atoms with van der Waals surface area (Å²) in [5, 5.41) is 20.6. The van der Waals surface area contributed by atoms with Gasteiger partial charge in [0.25, 0.3) is 5.91 Å². The van der Waals surface area contributed by atoms with Crippen LogP contribution in [-0.4, -0.2) is 71.1 Å². The number of amides is 1. The molecule has 3 atom stereocenters. The van der Waals surface area contributed by atoms with Gasteiger partial charge in [-0.2, -0.15) is 0 Å². The summed E-state index contributed by atoms with van der Waals surface area (Å²) in [6.07, 6.45) is -2.03. The first kappa shape index (κ1) is 17.6. The van der Waals surface area contributed by atoms with Crippen LogP contribution in [0.25, 0.3) is 10.9 Å². The van der Waals surface area contributed by atoms with E-state index in [1.54, 1.807) is 13.1 Å². The van der Waals surface area contributed by atoms with Crippen LogP contribution < -0.4 is 4.74 Å². The topological polar surface area (TPSA) is 92.1 Å². The van der Waals surface area contributed by atoms with Crippen LogP contribution in [0.3, 0.4) is 0 Å². The van der Waals surface area contributed by atoms with Crippen molar-refractivity contribution in [2.75, 3.05) is 26.9 Å². The molecular formula is C18H22N2O5. The van der Waals surface area contributed by atoms with E-state index in [1.165, 1.54) is 4.90 Å². The van der Waals surface area contributed by atoms with Gasteiger partial charge in [0, 0.05) is 24.2 Å². The number of para-hydroxylation sites is 1. The molecule has 134 valence electrons. The van der Waals surface area contributed by atoms with Crippen LogP contribution in [0.5, 0.6) is 5.75 Å². The monoisotopic (exact) mass is 346 g/mol. The molecule has 1 fully saturated rings. The highest BCUT2D eigenvalue weighted by atomic mass is 16.5. The van der Waals surface area contributed by atoms with Gasteiger partial charge in [0.05, 0.1) is 24.8 Å². The fourth-order valence-corrected chi connectivity index (χ4v) is 2.92. The number of carbonyl (C=O) groups is 1. The number of benzene rings is 1. The molecule has 1 aliphatic heterocycles. The van der Waals surface area contributed by atoms with E-state index in [-0.39, 0.29) is 25.7 Å². The molecule has 0 unspecified atom stereocenters. The SMILES string of the molecule is Cc1cc(OCC(=O)N(C)[C@@H]2COC[C@@H](O)[C@H]2O)c2ccccc2n1. The van der Waals surface area contributed by atoms with E-state index in [1.807, 2.05) is 31.2 Å². The zero-order valence-corrected chi connectivity index (χ0v) is 14.3. The van der Waals surface area contributed by atoms with E-state index in [9.17, 15) is 15.0 Å². The summed E-state index contributed by atoms with van der Waals surface area (Å²) in [6, 6.07) is 8.75. The zero-order chi connectivity index (χ0) is 18.0. The van der Waals surface area contributed by atoms with Crippen molar-refractivity contribution in [2.24, 2.45) is 0 Å². The van der Waals surface area contributed by atoms with Crippen LogP contribution in [0.1, 0.15) is 5.69 Å². The highest BCUT2D eigenvalue weighted by Gasteiger charge is 2.35. The van der Waals surface area contributed by atoms with Gasteiger partial charge in [-0.25, -0.2) is 0 Å². The Balaban J connectivity index is 1.70. The van der Waals surface area contributed by atoms with Gasteiger partial charge in [0.15, 0.2) is 6.61 Å². The minimum Gasteiger partial charge on any atom is -0.483 e. The van der Waals surface area contributed by atoms with Gasteiger partial charge >= 0.3 is 0 Å². The lowest BCUT2D eigenvalue weighted by molar-refractivity contribution is -0.154. The summed E-state index contributed by atoms with van der Waals surface area (Å²) in [5.74, 6) is 0.283. The number of likely N-dealkylation sites (N-methyl/N-ethyl adjacent to an activating group) is 1. The molecule has 0 spiro atoms. The summed E-state index contributed by atoms with van der Waals surface area (Å²) in [6.45, 7) is 1.93. The Bertz CT molecular complexity index is 766. The lowest BCUT2D eigenvalue weighted by atomic mass is 10.0. The average molecular weight is 346 g/mol. The predicted molar refractivity (Wildman–Crippen MR) is 91.4 cm³/mol. The summed E-state index contributed by atoms with van der Waals surface area (Å²) in [4.78, 5) is 18.2. The molecule has 1 aliphatic rings. The molecule has 2 aromatic rings. The number of aryl methyl sites for hydroxylation is 1. The molecule has 0 bridgehead atoms. The number of rotatable bonds is 4. The number of carbonyl (C=O) groups excluding carboxylic acids is 1. The van der Waals surface area contributed by atoms with Crippen molar-refractivity contribution < 1.29 is 24.5 Å². The quantitative estimate of drug-likeness (QED) is 0.838. The van der Waals surface area contributed by atoms with Gasteiger partial charge < -0.3 is 24.6 Å². The van der Waals surface area contributed by atoms with Crippen molar-refractivity contribution in [3.63, 3.8) is 0 Å². The summed E-state index contributed by atoms with van der Waals surface area (Å²) in [5.41, 5.74) is 1.60. The fourth-order valence-electron chi connectivity index (χ4n) is 2.92. The Hall–Kier alpha value is -2.22. The van der Waals surface area contributed by atoms with Crippen molar-refractivity contribution in [3.8, 4) is 5.75 Å².